The van der Waals surface area contributed by atoms with Crippen molar-refractivity contribution in [1.82, 2.24) is 35.2 Å². The number of aryl methyl sites for hydroxylation is 2. The molecule has 8 heteroatoms. The van der Waals surface area contributed by atoms with Crippen LogP contribution in [0.2, 0.25) is 0 Å². The van der Waals surface area contributed by atoms with E-state index in [1.807, 2.05) is 6.20 Å². The molecule has 8 nitrogen and oxygen atoms in total. The van der Waals surface area contributed by atoms with Crippen LogP contribution in [0.3, 0.4) is 0 Å². The summed E-state index contributed by atoms with van der Waals surface area (Å²) in [5.41, 5.74) is 6.41. The molecule has 0 amide bonds. The first-order chi connectivity index (χ1) is 8.28. The minimum Gasteiger partial charge on any atom is -0.330 e. The van der Waals surface area contributed by atoms with Gasteiger partial charge in [-0.2, -0.15) is 4.80 Å². The van der Waals surface area contributed by atoms with Gasteiger partial charge in [-0.3, -0.25) is 0 Å². The highest BCUT2D eigenvalue weighted by molar-refractivity contribution is 4.93. The normalized spacial score (nSPS) is 10.9. The third-order valence-corrected chi connectivity index (χ3v) is 2.33. The lowest BCUT2D eigenvalue weighted by atomic mass is 10.2. The molecule has 0 aromatic carbocycles. The van der Waals surface area contributed by atoms with E-state index in [1.165, 1.54) is 4.80 Å². The van der Waals surface area contributed by atoms with Crippen LogP contribution in [0.4, 0.5) is 0 Å². The zero-order valence-corrected chi connectivity index (χ0v) is 9.82. The summed E-state index contributed by atoms with van der Waals surface area (Å²) in [6.45, 7) is 1.22. The summed E-state index contributed by atoms with van der Waals surface area (Å²) >= 11 is 0. The third kappa shape index (κ3) is 3.31. The lowest BCUT2D eigenvalue weighted by Gasteiger charge is -1.94. The molecule has 2 N–H and O–H groups in total. The molecule has 0 aliphatic rings. The average Bonchev–Trinajstić information content (AvgIpc) is 2.90. The second kappa shape index (κ2) is 5.48. The standard InChI is InChI=1S/C9H16N8/c1-16-13-9(12-14-16)7-17-6-8(11-15-17)4-2-3-5-10/h6H,2-5,7,10H2,1H3. The summed E-state index contributed by atoms with van der Waals surface area (Å²) in [6.07, 6.45) is 4.87. The molecule has 0 saturated heterocycles. The molecule has 2 rings (SSSR count). The van der Waals surface area contributed by atoms with Gasteiger partial charge in [0.1, 0.15) is 6.54 Å². The van der Waals surface area contributed by atoms with Gasteiger partial charge in [0.15, 0.2) is 5.82 Å². The van der Waals surface area contributed by atoms with Crippen molar-refractivity contribution < 1.29 is 0 Å². The van der Waals surface area contributed by atoms with Crippen LogP contribution < -0.4 is 5.73 Å². The van der Waals surface area contributed by atoms with Crippen molar-refractivity contribution in [3.8, 4) is 0 Å². The highest BCUT2D eigenvalue weighted by Crippen LogP contribution is 2.01. The second-order valence-electron chi connectivity index (χ2n) is 3.85. The predicted molar refractivity (Wildman–Crippen MR) is 59.9 cm³/mol. The Morgan fingerprint density at radius 2 is 2.12 bits per heavy atom. The second-order valence-corrected chi connectivity index (χ2v) is 3.85. The third-order valence-electron chi connectivity index (χ3n) is 2.33. The number of aromatic nitrogens is 7. The Morgan fingerprint density at radius 1 is 1.24 bits per heavy atom. The van der Waals surface area contributed by atoms with Crippen LogP contribution in [0.15, 0.2) is 6.20 Å². The van der Waals surface area contributed by atoms with Gasteiger partial charge in [0.2, 0.25) is 0 Å². The molecule has 0 saturated carbocycles. The Hall–Kier alpha value is -1.83. The van der Waals surface area contributed by atoms with Gasteiger partial charge >= 0.3 is 0 Å². The molecule has 92 valence electrons. The van der Waals surface area contributed by atoms with Crippen molar-refractivity contribution >= 4 is 0 Å². The van der Waals surface area contributed by atoms with Crippen LogP contribution in [0.1, 0.15) is 24.4 Å². The summed E-state index contributed by atoms with van der Waals surface area (Å²) in [5.74, 6) is 0.630. The van der Waals surface area contributed by atoms with E-state index < -0.39 is 0 Å². The smallest absolute Gasteiger partial charge is 0.196 e. The van der Waals surface area contributed by atoms with Gasteiger partial charge in [0, 0.05) is 6.20 Å². The maximum atomic E-state index is 5.44. The van der Waals surface area contributed by atoms with Gasteiger partial charge in [-0.15, -0.1) is 15.3 Å². The summed E-state index contributed by atoms with van der Waals surface area (Å²) in [6, 6.07) is 0. The molecule has 0 unspecified atom stereocenters. The van der Waals surface area contributed by atoms with Crippen molar-refractivity contribution in [2.24, 2.45) is 12.8 Å². The van der Waals surface area contributed by atoms with Crippen molar-refractivity contribution in [2.45, 2.75) is 25.8 Å². The van der Waals surface area contributed by atoms with Crippen molar-refractivity contribution in [1.29, 1.82) is 0 Å². The van der Waals surface area contributed by atoms with E-state index in [9.17, 15) is 0 Å². The average molecular weight is 236 g/mol. The highest BCUT2D eigenvalue weighted by atomic mass is 15.6. The van der Waals surface area contributed by atoms with Crippen LogP contribution >= 0.6 is 0 Å². The summed E-state index contributed by atoms with van der Waals surface area (Å²) < 4.78 is 1.72. The largest absolute Gasteiger partial charge is 0.330 e. The first kappa shape index (κ1) is 11.6. The van der Waals surface area contributed by atoms with Crippen molar-refractivity contribution in [3.05, 3.63) is 17.7 Å². The van der Waals surface area contributed by atoms with Crippen LogP contribution in [0.25, 0.3) is 0 Å². The first-order valence-corrected chi connectivity index (χ1v) is 5.60. The van der Waals surface area contributed by atoms with Gasteiger partial charge in [-0.05, 0) is 31.0 Å². The fourth-order valence-electron chi connectivity index (χ4n) is 1.51. The number of rotatable bonds is 6. The van der Waals surface area contributed by atoms with E-state index in [1.54, 1.807) is 11.7 Å². The van der Waals surface area contributed by atoms with Crippen LogP contribution in [-0.4, -0.2) is 41.7 Å². The number of hydrogen-bond donors (Lipinski definition) is 1. The van der Waals surface area contributed by atoms with Gasteiger partial charge < -0.3 is 5.73 Å². The summed E-state index contributed by atoms with van der Waals surface area (Å²) in [5, 5.41) is 19.8. The van der Waals surface area contributed by atoms with E-state index in [4.69, 9.17) is 5.73 Å². The van der Waals surface area contributed by atoms with E-state index in [0.717, 1.165) is 31.5 Å². The van der Waals surface area contributed by atoms with E-state index in [-0.39, 0.29) is 0 Å². The number of nitrogens with zero attached hydrogens (tertiary/aromatic N) is 7. The minimum atomic E-state index is 0.498. The van der Waals surface area contributed by atoms with E-state index >= 15 is 0 Å². The molecular formula is C9H16N8. The zero-order valence-electron chi connectivity index (χ0n) is 9.82. The lowest BCUT2D eigenvalue weighted by molar-refractivity contribution is 0.607. The Balaban J connectivity index is 1.89. The number of tetrazole rings is 1. The molecule has 2 aromatic rings. The van der Waals surface area contributed by atoms with Gasteiger partial charge in [-0.25, -0.2) is 4.68 Å². The van der Waals surface area contributed by atoms with Crippen LogP contribution in [0, 0.1) is 0 Å². The highest BCUT2D eigenvalue weighted by Gasteiger charge is 2.05. The maximum Gasteiger partial charge on any atom is 0.196 e. The van der Waals surface area contributed by atoms with Crippen LogP contribution in [0.5, 0.6) is 0 Å². The van der Waals surface area contributed by atoms with E-state index in [0.29, 0.717) is 12.4 Å². The van der Waals surface area contributed by atoms with E-state index in [2.05, 4.69) is 25.7 Å². The fraction of sp³-hybridized carbons (Fsp3) is 0.667. The fourth-order valence-corrected chi connectivity index (χ4v) is 1.51. The Kier molecular flexibility index (Phi) is 3.76. The van der Waals surface area contributed by atoms with Crippen LogP contribution in [-0.2, 0) is 20.0 Å². The molecule has 0 radical (unpaired) electrons. The molecule has 2 heterocycles. The molecule has 0 aliphatic carbocycles. The van der Waals surface area contributed by atoms with Gasteiger partial charge in [0.25, 0.3) is 0 Å². The van der Waals surface area contributed by atoms with Crippen molar-refractivity contribution in [3.63, 3.8) is 0 Å². The number of nitrogens with two attached hydrogens (primary N) is 1. The number of hydrogen-bond acceptors (Lipinski definition) is 6. The van der Waals surface area contributed by atoms with Gasteiger partial charge in [-0.1, -0.05) is 5.21 Å². The quantitative estimate of drug-likeness (QED) is 0.654. The predicted octanol–water partition coefficient (Wildman–Crippen LogP) is -0.869. The van der Waals surface area contributed by atoms with Gasteiger partial charge in [0.05, 0.1) is 12.7 Å². The molecule has 2 aromatic heterocycles. The van der Waals surface area contributed by atoms with Crippen molar-refractivity contribution in [2.75, 3.05) is 6.54 Å². The lowest BCUT2D eigenvalue weighted by Crippen LogP contribution is -2.03. The molecule has 0 atom stereocenters. The molecule has 0 aliphatic heterocycles. The SMILES string of the molecule is Cn1nnc(Cn2cc(CCCCN)nn2)n1. The Labute approximate surface area is 98.8 Å². The maximum absolute atomic E-state index is 5.44. The molecular weight excluding hydrogens is 220 g/mol. The monoisotopic (exact) mass is 236 g/mol. The molecule has 0 fully saturated rings. The molecule has 0 bridgehead atoms. The summed E-state index contributed by atoms with van der Waals surface area (Å²) in [4.78, 5) is 1.43. The topological polar surface area (TPSA) is 100 Å². The number of unbranched alkanes of at least 4 members (excludes halogenated alkanes) is 1. The minimum absolute atomic E-state index is 0.498. The first-order valence-electron chi connectivity index (χ1n) is 5.60. The zero-order chi connectivity index (χ0) is 12.1. The summed E-state index contributed by atoms with van der Waals surface area (Å²) in [7, 11) is 1.73. The molecule has 17 heavy (non-hydrogen) atoms. The Morgan fingerprint density at radius 3 is 2.82 bits per heavy atom. The Bertz CT molecular complexity index is 459. The molecule has 0 spiro atoms.